The summed E-state index contributed by atoms with van der Waals surface area (Å²) in [7, 11) is 0. The third kappa shape index (κ3) is 5.94. The first-order valence-corrected chi connectivity index (χ1v) is 12.4. The molecule has 2 aliphatic heterocycles. The van der Waals surface area contributed by atoms with E-state index in [0.29, 0.717) is 55.6 Å². The van der Waals surface area contributed by atoms with E-state index in [1.54, 1.807) is 36.4 Å². The molecule has 0 spiro atoms. The van der Waals surface area contributed by atoms with E-state index in [1.807, 2.05) is 0 Å². The van der Waals surface area contributed by atoms with Gasteiger partial charge in [0.25, 0.3) is 11.7 Å². The standard InChI is InChI=1S/C28H33FN2O5/c1-19(2)18-36-23-10-6-21(7-11-23)26(32)24-25(20-4-8-22(29)9-5-20)31(28(34)27(24)33)13-3-12-30-14-16-35-17-15-30/h4-11,19,25,32H,3,12-18H2,1-2H3/b26-24+/t25-/m1/s1. The number of nitrogens with zero attached hydrogens (tertiary/aromatic N) is 2. The van der Waals surface area contributed by atoms with Gasteiger partial charge in [-0.1, -0.05) is 26.0 Å². The van der Waals surface area contributed by atoms with Crippen LogP contribution >= 0.6 is 0 Å². The predicted molar refractivity (Wildman–Crippen MR) is 134 cm³/mol. The first-order valence-electron chi connectivity index (χ1n) is 12.4. The van der Waals surface area contributed by atoms with Crippen molar-refractivity contribution in [2.45, 2.75) is 26.3 Å². The molecule has 1 amide bonds. The molecule has 192 valence electrons. The van der Waals surface area contributed by atoms with Gasteiger partial charge in [0.15, 0.2) is 0 Å². The van der Waals surface area contributed by atoms with Crippen molar-refractivity contribution in [2.75, 3.05) is 46.0 Å². The van der Waals surface area contributed by atoms with E-state index in [2.05, 4.69) is 18.7 Å². The number of morpholine rings is 1. The van der Waals surface area contributed by atoms with Gasteiger partial charge in [-0.25, -0.2) is 4.39 Å². The maximum Gasteiger partial charge on any atom is 0.295 e. The highest BCUT2D eigenvalue weighted by molar-refractivity contribution is 6.46. The Hall–Kier alpha value is -3.23. The Morgan fingerprint density at radius 3 is 2.36 bits per heavy atom. The number of hydrogen-bond donors (Lipinski definition) is 1. The summed E-state index contributed by atoms with van der Waals surface area (Å²) in [6.45, 7) is 8.79. The summed E-state index contributed by atoms with van der Waals surface area (Å²) in [5.41, 5.74) is 0.986. The molecule has 7 nitrogen and oxygen atoms in total. The van der Waals surface area contributed by atoms with Crippen molar-refractivity contribution in [3.63, 3.8) is 0 Å². The highest BCUT2D eigenvalue weighted by Gasteiger charge is 2.45. The molecule has 2 heterocycles. The number of rotatable bonds is 9. The summed E-state index contributed by atoms with van der Waals surface area (Å²) in [6, 6.07) is 11.7. The van der Waals surface area contributed by atoms with E-state index < -0.39 is 23.5 Å². The molecule has 2 saturated heterocycles. The third-order valence-corrected chi connectivity index (χ3v) is 6.41. The van der Waals surface area contributed by atoms with Crippen molar-refractivity contribution in [3.8, 4) is 5.75 Å². The fraction of sp³-hybridized carbons (Fsp3) is 0.429. The SMILES string of the molecule is CC(C)COc1ccc(/C(O)=C2\C(=O)C(=O)N(CCCN3CCOCC3)[C@@H]2c2ccc(F)cc2)cc1. The van der Waals surface area contributed by atoms with Crippen LogP contribution in [0.25, 0.3) is 5.76 Å². The molecule has 2 aliphatic rings. The fourth-order valence-electron chi connectivity index (χ4n) is 4.52. The minimum atomic E-state index is -0.799. The number of halogens is 1. The van der Waals surface area contributed by atoms with Gasteiger partial charge in [0, 0.05) is 31.7 Å². The van der Waals surface area contributed by atoms with Crippen LogP contribution in [0.15, 0.2) is 54.1 Å². The van der Waals surface area contributed by atoms with Gasteiger partial charge >= 0.3 is 0 Å². The summed E-state index contributed by atoms with van der Waals surface area (Å²) in [4.78, 5) is 30.0. The quantitative estimate of drug-likeness (QED) is 0.321. The highest BCUT2D eigenvalue weighted by Crippen LogP contribution is 2.39. The average molecular weight is 497 g/mol. The van der Waals surface area contributed by atoms with E-state index in [9.17, 15) is 19.1 Å². The molecule has 0 unspecified atom stereocenters. The molecule has 2 aromatic carbocycles. The maximum absolute atomic E-state index is 13.7. The van der Waals surface area contributed by atoms with Crippen LogP contribution in [0, 0.1) is 11.7 Å². The van der Waals surface area contributed by atoms with Crippen molar-refractivity contribution >= 4 is 17.4 Å². The lowest BCUT2D eigenvalue weighted by molar-refractivity contribution is -0.140. The molecule has 0 bridgehead atoms. The molecule has 2 fully saturated rings. The molecule has 2 aromatic rings. The van der Waals surface area contributed by atoms with Crippen LogP contribution in [-0.4, -0.2) is 72.6 Å². The van der Waals surface area contributed by atoms with Crippen LogP contribution in [0.5, 0.6) is 5.75 Å². The van der Waals surface area contributed by atoms with Crippen molar-refractivity contribution in [1.82, 2.24) is 9.80 Å². The number of ketones is 1. The largest absolute Gasteiger partial charge is 0.507 e. The number of carbonyl (C=O) groups excluding carboxylic acids is 2. The third-order valence-electron chi connectivity index (χ3n) is 6.41. The Morgan fingerprint density at radius 2 is 1.72 bits per heavy atom. The summed E-state index contributed by atoms with van der Waals surface area (Å²) >= 11 is 0. The lowest BCUT2D eigenvalue weighted by atomic mass is 9.95. The molecular formula is C28H33FN2O5. The molecule has 4 rings (SSSR count). The van der Waals surface area contributed by atoms with Gasteiger partial charge in [0.1, 0.15) is 17.3 Å². The van der Waals surface area contributed by atoms with Crippen LogP contribution in [0.4, 0.5) is 4.39 Å². The minimum absolute atomic E-state index is 0.00818. The Morgan fingerprint density at radius 1 is 1.06 bits per heavy atom. The number of Topliss-reactive ketones (excluding diaryl/α,β-unsaturated/α-hetero) is 1. The molecule has 0 aliphatic carbocycles. The van der Waals surface area contributed by atoms with E-state index in [-0.39, 0.29) is 11.3 Å². The minimum Gasteiger partial charge on any atom is -0.507 e. The zero-order chi connectivity index (χ0) is 25.7. The number of amides is 1. The van der Waals surface area contributed by atoms with Crippen LogP contribution < -0.4 is 4.74 Å². The Bertz CT molecular complexity index is 1090. The van der Waals surface area contributed by atoms with E-state index in [1.165, 1.54) is 17.0 Å². The van der Waals surface area contributed by atoms with Crippen LogP contribution in [0.1, 0.15) is 37.4 Å². The Kier molecular flexibility index (Phi) is 8.38. The Labute approximate surface area is 211 Å². The van der Waals surface area contributed by atoms with E-state index in [0.717, 1.165) is 19.6 Å². The highest BCUT2D eigenvalue weighted by atomic mass is 19.1. The normalized spacial score (nSPS) is 20.3. The number of hydrogen-bond acceptors (Lipinski definition) is 6. The predicted octanol–water partition coefficient (Wildman–Crippen LogP) is 4.00. The van der Waals surface area contributed by atoms with Crippen molar-refractivity contribution in [1.29, 1.82) is 0 Å². The van der Waals surface area contributed by atoms with Gasteiger partial charge in [0.05, 0.1) is 31.4 Å². The van der Waals surface area contributed by atoms with Crippen LogP contribution in [0.2, 0.25) is 0 Å². The monoisotopic (exact) mass is 496 g/mol. The topological polar surface area (TPSA) is 79.3 Å². The number of likely N-dealkylation sites (tertiary alicyclic amines) is 1. The molecular weight excluding hydrogens is 463 g/mol. The molecule has 0 radical (unpaired) electrons. The van der Waals surface area contributed by atoms with Gasteiger partial charge in [0.2, 0.25) is 0 Å². The number of ether oxygens (including phenoxy) is 2. The summed E-state index contributed by atoms with van der Waals surface area (Å²) < 4.78 is 24.8. The fourth-order valence-corrected chi connectivity index (χ4v) is 4.52. The zero-order valence-electron chi connectivity index (χ0n) is 20.8. The molecule has 36 heavy (non-hydrogen) atoms. The first-order chi connectivity index (χ1) is 17.3. The van der Waals surface area contributed by atoms with Crippen LogP contribution in [-0.2, 0) is 14.3 Å². The second-order valence-electron chi connectivity index (χ2n) is 9.58. The zero-order valence-corrected chi connectivity index (χ0v) is 20.8. The summed E-state index contributed by atoms with van der Waals surface area (Å²) in [5.74, 6) is -1.06. The van der Waals surface area contributed by atoms with Crippen molar-refractivity contribution in [2.24, 2.45) is 5.92 Å². The molecule has 8 heteroatoms. The molecule has 0 aromatic heterocycles. The van der Waals surface area contributed by atoms with Crippen LogP contribution in [0.3, 0.4) is 0 Å². The van der Waals surface area contributed by atoms with E-state index in [4.69, 9.17) is 9.47 Å². The second-order valence-corrected chi connectivity index (χ2v) is 9.58. The Balaban J connectivity index is 1.61. The number of carbonyl (C=O) groups is 2. The molecule has 1 N–H and O–H groups in total. The molecule has 0 saturated carbocycles. The van der Waals surface area contributed by atoms with Gasteiger partial charge in [-0.15, -0.1) is 0 Å². The average Bonchev–Trinajstić information content (AvgIpc) is 3.13. The van der Waals surface area contributed by atoms with E-state index >= 15 is 0 Å². The van der Waals surface area contributed by atoms with Crippen molar-refractivity contribution in [3.05, 3.63) is 71.0 Å². The first kappa shape index (κ1) is 25.9. The van der Waals surface area contributed by atoms with Crippen molar-refractivity contribution < 1.29 is 28.6 Å². The summed E-state index contributed by atoms with van der Waals surface area (Å²) in [5, 5.41) is 11.2. The van der Waals surface area contributed by atoms with Gasteiger partial charge in [-0.3, -0.25) is 14.5 Å². The molecule has 1 atom stereocenters. The van der Waals surface area contributed by atoms with Gasteiger partial charge in [-0.2, -0.15) is 0 Å². The smallest absolute Gasteiger partial charge is 0.295 e. The maximum atomic E-state index is 13.7. The second kappa shape index (κ2) is 11.7. The van der Waals surface area contributed by atoms with Gasteiger partial charge in [-0.05, 0) is 54.3 Å². The lowest BCUT2D eigenvalue weighted by Crippen LogP contribution is -2.38. The summed E-state index contributed by atoms with van der Waals surface area (Å²) in [6.07, 6.45) is 0.659. The number of aliphatic hydroxyl groups excluding tert-OH is 1. The number of benzene rings is 2. The van der Waals surface area contributed by atoms with Gasteiger partial charge < -0.3 is 19.5 Å². The lowest BCUT2D eigenvalue weighted by Gasteiger charge is -2.29. The number of aliphatic hydroxyl groups is 1.